The van der Waals surface area contributed by atoms with Crippen molar-refractivity contribution in [1.29, 1.82) is 0 Å². The fraction of sp³-hybridized carbons (Fsp3) is 0.167. The Balaban J connectivity index is 2.37. The van der Waals surface area contributed by atoms with E-state index in [0.717, 1.165) is 0 Å². The van der Waals surface area contributed by atoms with Crippen molar-refractivity contribution < 1.29 is 14.6 Å². The van der Waals surface area contributed by atoms with E-state index < -0.39 is 5.97 Å². The molecule has 5 nitrogen and oxygen atoms in total. The van der Waals surface area contributed by atoms with Crippen molar-refractivity contribution in [2.75, 3.05) is 6.61 Å². The molecule has 18 heavy (non-hydrogen) atoms. The molecule has 0 bridgehead atoms. The van der Waals surface area contributed by atoms with Gasteiger partial charge in [0.2, 0.25) is 0 Å². The van der Waals surface area contributed by atoms with Gasteiger partial charge in [-0.15, -0.1) is 0 Å². The van der Waals surface area contributed by atoms with Gasteiger partial charge in [0, 0.05) is 6.07 Å². The van der Waals surface area contributed by atoms with Crippen LogP contribution in [0.4, 0.5) is 0 Å². The molecular weight excluding hydrogens is 256 g/mol. The Morgan fingerprint density at radius 1 is 1.56 bits per heavy atom. The van der Waals surface area contributed by atoms with Crippen molar-refractivity contribution in [1.82, 2.24) is 9.78 Å². The zero-order valence-corrected chi connectivity index (χ0v) is 10.4. The second-order valence-corrected chi connectivity index (χ2v) is 3.92. The van der Waals surface area contributed by atoms with Crippen molar-refractivity contribution >= 4 is 17.6 Å². The second-order valence-electron chi connectivity index (χ2n) is 3.51. The smallest absolute Gasteiger partial charge is 0.360 e. The largest absolute Gasteiger partial charge is 0.508 e. The Kier molecular flexibility index (Phi) is 3.53. The molecule has 0 fully saturated rings. The lowest BCUT2D eigenvalue weighted by Crippen LogP contribution is -2.07. The van der Waals surface area contributed by atoms with Crippen LogP contribution < -0.4 is 0 Å². The molecular formula is C12H11ClN2O3. The molecule has 0 radical (unpaired) electrons. The Morgan fingerprint density at radius 2 is 2.33 bits per heavy atom. The molecule has 1 N–H and O–H groups in total. The first-order valence-corrected chi connectivity index (χ1v) is 5.71. The molecule has 0 aliphatic carbocycles. The topological polar surface area (TPSA) is 64.3 Å². The highest BCUT2D eigenvalue weighted by Crippen LogP contribution is 2.20. The highest BCUT2D eigenvalue weighted by atomic mass is 35.5. The molecule has 2 aromatic rings. The second kappa shape index (κ2) is 5.10. The number of hydrogen-bond donors (Lipinski definition) is 1. The number of phenols is 1. The molecule has 0 amide bonds. The summed E-state index contributed by atoms with van der Waals surface area (Å²) in [7, 11) is 0. The summed E-state index contributed by atoms with van der Waals surface area (Å²) in [6, 6.07) is 6.46. The number of esters is 1. The third kappa shape index (κ3) is 2.46. The normalized spacial score (nSPS) is 10.3. The van der Waals surface area contributed by atoms with Gasteiger partial charge in [-0.2, -0.15) is 5.10 Å². The van der Waals surface area contributed by atoms with Crippen molar-refractivity contribution in [2.24, 2.45) is 0 Å². The first-order chi connectivity index (χ1) is 8.61. The average molecular weight is 267 g/mol. The van der Waals surface area contributed by atoms with Gasteiger partial charge in [-0.3, -0.25) is 0 Å². The van der Waals surface area contributed by atoms with Crippen LogP contribution in [-0.2, 0) is 4.74 Å². The summed E-state index contributed by atoms with van der Waals surface area (Å²) in [6.45, 7) is 1.96. The molecule has 0 saturated heterocycles. The van der Waals surface area contributed by atoms with Gasteiger partial charge in [0.25, 0.3) is 0 Å². The van der Waals surface area contributed by atoms with Gasteiger partial charge in [-0.1, -0.05) is 17.7 Å². The van der Waals surface area contributed by atoms with E-state index >= 15 is 0 Å². The van der Waals surface area contributed by atoms with Crippen LogP contribution in [0.25, 0.3) is 5.69 Å². The van der Waals surface area contributed by atoms with Crippen LogP contribution >= 0.6 is 11.6 Å². The minimum absolute atomic E-state index is 0.0573. The number of phenolic OH excluding ortho intramolecular Hbond substituents is 1. The highest BCUT2D eigenvalue weighted by Gasteiger charge is 2.17. The van der Waals surface area contributed by atoms with Crippen molar-refractivity contribution in [3.8, 4) is 11.4 Å². The predicted molar refractivity (Wildman–Crippen MR) is 66.2 cm³/mol. The van der Waals surface area contributed by atoms with E-state index in [2.05, 4.69) is 5.10 Å². The molecule has 2 rings (SSSR count). The van der Waals surface area contributed by atoms with E-state index in [1.165, 1.54) is 16.9 Å². The van der Waals surface area contributed by atoms with Crippen LogP contribution in [0, 0.1) is 0 Å². The number of nitrogens with zero attached hydrogens (tertiary/aromatic N) is 2. The van der Waals surface area contributed by atoms with Crippen molar-refractivity contribution in [3.05, 3.63) is 41.2 Å². The molecule has 0 unspecified atom stereocenters. The van der Waals surface area contributed by atoms with E-state index in [1.54, 1.807) is 25.1 Å². The van der Waals surface area contributed by atoms with Crippen molar-refractivity contribution in [2.45, 2.75) is 6.92 Å². The lowest BCUT2D eigenvalue weighted by molar-refractivity contribution is 0.0519. The summed E-state index contributed by atoms with van der Waals surface area (Å²) in [5.41, 5.74) is 0.661. The van der Waals surface area contributed by atoms with E-state index in [1.807, 2.05) is 0 Å². The molecule has 0 aliphatic rings. The molecule has 0 aliphatic heterocycles. The van der Waals surface area contributed by atoms with E-state index in [9.17, 15) is 9.90 Å². The highest BCUT2D eigenvalue weighted by molar-refractivity contribution is 6.33. The van der Waals surface area contributed by atoms with E-state index in [4.69, 9.17) is 16.3 Å². The van der Waals surface area contributed by atoms with Crippen LogP contribution in [-0.4, -0.2) is 27.5 Å². The van der Waals surface area contributed by atoms with Crippen LogP contribution in [0.1, 0.15) is 17.4 Å². The third-order valence-electron chi connectivity index (χ3n) is 2.23. The zero-order chi connectivity index (χ0) is 13.1. The van der Waals surface area contributed by atoms with Crippen LogP contribution in [0.3, 0.4) is 0 Å². The average Bonchev–Trinajstić information content (AvgIpc) is 2.72. The summed E-state index contributed by atoms with van der Waals surface area (Å²) >= 11 is 5.92. The summed E-state index contributed by atoms with van der Waals surface area (Å²) in [6.07, 6.45) is 1.49. The SMILES string of the molecule is CCOC(=O)c1nn(-c2cccc(O)c2)cc1Cl. The maximum Gasteiger partial charge on any atom is 0.360 e. The summed E-state index contributed by atoms with van der Waals surface area (Å²) in [4.78, 5) is 11.5. The van der Waals surface area contributed by atoms with Gasteiger partial charge in [-0.25, -0.2) is 9.48 Å². The van der Waals surface area contributed by atoms with E-state index in [0.29, 0.717) is 5.69 Å². The molecule has 94 valence electrons. The molecule has 6 heteroatoms. The number of carbonyl (C=O) groups excluding carboxylic acids is 1. The standard InChI is InChI=1S/C12H11ClN2O3/c1-2-18-12(17)11-10(13)7-15(14-11)8-4-3-5-9(16)6-8/h3-7,16H,2H2,1H3. The lowest BCUT2D eigenvalue weighted by Gasteiger charge is -2.01. The van der Waals surface area contributed by atoms with Gasteiger partial charge >= 0.3 is 5.97 Å². The van der Waals surface area contributed by atoms with Crippen LogP contribution in [0.5, 0.6) is 5.75 Å². The quantitative estimate of drug-likeness (QED) is 0.867. The van der Waals surface area contributed by atoms with Crippen molar-refractivity contribution in [3.63, 3.8) is 0 Å². The number of hydrogen-bond acceptors (Lipinski definition) is 4. The number of ether oxygens (including phenoxy) is 1. The first-order valence-electron chi connectivity index (χ1n) is 5.33. The molecule has 0 spiro atoms. The molecule has 1 heterocycles. The van der Waals surface area contributed by atoms with Crippen LogP contribution in [0.15, 0.2) is 30.5 Å². The lowest BCUT2D eigenvalue weighted by atomic mass is 10.3. The van der Waals surface area contributed by atoms with Gasteiger partial charge in [-0.05, 0) is 19.1 Å². The van der Waals surface area contributed by atoms with Gasteiger partial charge in [0.15, 0.2) is 5.69 Å². The van der Waals surface area contributed by atoms with Crippen LogP contribution in [0.2, 0.25) is 5.02 Å². The fourth-order valence-corrected chi connectivity index (χ4v) is 1.67. The minimum atomic E-state index is -0.568. The summed E-state index contributed by atoms with van der Waals surface area (Å²) in [5, 5.41) is 13.6. The minimum Gasteiger partial charge on any atom is -0.508 e. The third-order valence-corrected chi connectivity index (χ3v) is 2.51. The molecule has 0 atom stereocenters. The van der Waals surface area contributed by atoms with Gasteiger partial charge in [0.05, 0.1) is 23.5 Å². The molecule has 1 aromatic heterocycles. The maximum absolute atomic E-state index is 11.5. The predicted octanol–water partition coefficient (Wildman–Crippen LogP) is 2.41. The zero-order valence-electron chi connectivity index (χ0n) is 9.63. The fourth-order valence-electron chi connectivity index (χ4n) is 1.46. The summed E-state index contributed by atoms with van der Waals surface area (Å²) in [5.74, 6) is -0.460. The summed E-state index contributed by atoms with van der Waals surface area (Å²) < 4.78 is 6.24. The molecule has 1 aromatic carbocycles. The maximum atomic E-state index is 11.5. The monoisotopic (exact) mass is 266 g/mol. The number of aromatic hydroxyl groups is 1. The van der Waals surface area contributed by atoms with E-state index in [-0.39, 0.29) is 23.1 Å². The number of carbonyl (C=O) groups is 1. The van der Waals surface area contributed by atoms with Gasteiger partial charge < -0.3 is 9.84 Å². The Hall–Kier alpha value is -2.01. The first kappa shape index (κ1) is 12.4. The molecule has 0 saturated carbocycles. The number of aromatic nitrogens is 2. The Bertz CT molecular complexity index is 580. The number of halogens is 1. The Morgan fingerprint density at radius 3 is 3.00 bits per heavy atom. The Labute approximate surface area is 109 Å². The number of benzene rings is 1. The van der Waals surface area contributed by atoms with Gasteiger partial charge in [0.1, 0.15) is 5.75 Å². The number of rotatable bonds is 3.